The number of rotatable bonds is 0. The minimum absolute atomic E-state index is 0. The molecule has 1 heterocycles. The highest BCUT2D eigenvalue weighted by Crippen LogP contribution is 2.32. The van der Waals surface area contributed by atoms with Crippen molar-refractivity contribution in [1.29, 1.82) is 0 Å². The summed E-state index contributed by atoms with van der Waals surface area (Å²) < 4.78 is 35.5. The Morgan fingerprint density at radius 3 is 2.25 bits per heavy atom. The molecule has 0 aliphatic rings. The number of alkyl halides is 3. The summed E-state index contributed by atoms with van der Waals surface area (Å²) in [6, 6.07) is 2.17. The molecule has 0 fully saturated rings. The van der Waals surface area contributed by atoms with E-state index in [9.17, 15) is 13.2 Å². The average molecular weight is 200 g/mol. The molecule has 0 saturated heterocycles. The summed E-state index contributed by atoms with van der Waals surface area (Å²) >= 11 is 0. The van der Waals surface area contributed by atoms with E-state index in [0.717, 1.165) is 12.3 Å². The molecule has 0 amide bonds. The number of aromatic nitrogens is 1. The molecule has 2 nitrogen and oxygen atoms in total. The second-order valence-corrected chi connectivity index (χ2v) is 1.87. The lowest BCUT2D eigenvalue weighted by atomic mass is 10.3. The van der Waals surface area contributed by atoms with Gasteiger partial charge in [-0.25, -0.2) is 4.98 Å². The van der Waals surface area contributed by atoms with Crippen LogP contribution in [0.5, 0.6) is 5.75 Å². The molecule has 68 valence electrons. The Morgan fingerprint density at radius 1 is 1.33 bits per heavy atom. The van der Waals surface area contributed by atoms with E-state index >= 15 is 0 Å². The molecule has 0 unspecified atom stereocenters. The van der Waals surface area contributed by atoms with E-state index < -0.39 is 17.6 Å². The molecule has 0 radical (unpaired) electrons. The van der Waals surface area contributed by atoms with Crippen molar-refractivity contribution in [3.63, 3.8) is 0 Å². The maximum absolute atomic E-state index is 11.8. The van der Waals surface area contributed by atoms with Gasteiger partial charge >= 0.3 is 6.18 Å². The van der Waals surface area contributed by atoms with Crippen LogP contribution in [0, 0.1) is 0 Å². The van der Waals surface area contributed by atoms with Crippen LogP contribution in [-0.4, -0.2) is 10.1 Å². The first-order valence-corrected chi connectivity index (χ1v) is 2.73. The van der Waals surface area contributed by atoms with E-state index in [1.165, 1.54) is 6.07 Å². The van der Waals surface area contributed by atoms with Crippen molar-refractivity contribution < 1.29 is 18.3 Å². The van der Waals surface area contributed by atoms with Gasteiger partial charge in [-0.1, -0.05) is 0 Å². The summed E-state index contributed by atoms with van der Waals surface area (Å²) in [6.45, 7) is 0. The second kappa shape index (κ2) is 3.62. The molecular formula is C6H5ClF3NO. The third kappa shape index (κ3) is 2.27. The standard InChI is InChI=1S/C6H4F3NO.ClH/c7-6(8,9)5-4(11)2-1-3-10-5;/h1-3,11H;1H. The van der Waals surface area contributed by atoms with Crippen LogP contribution in [0.1, 0.15) is 5.69 Å². The molecule has 1 rings (SSSR count). The maximum atomic E-state index is 11.8. The van der Waals surface area contributed by atoms with Gasteiger partial charge in [-0.15, -0.1) is 12.4 Å². The van der Waals surface area contributed by atoms with Crippen molar-refractivity contribution in [2.75, 3.05) is 0 Å². The second-order valence-electron chi connectivity index (χ2n) is 1.87. The quantitative estimate of drug-likeness (QED) is 0.695. The van der Waals surface area contributed by atoms with Crippen LogP contribution in [0.4, 0.5) is 13.2 Å². The lowest BCUT2D eigenvalue weighted by Crippen LogP contribution is -2.07. The third-order valence-electron chi connectivity index (χ3n) is 1.05. The van der Waals surface area contributed by atoms with Crippen molar-refractivity contribution >= 4 is 12.4 Å². The first kappa shape index (κ1) is 11.0. The van der Waals surface area contributed by atoms with Gasteiger partial charge in [0.1, 0.15) is 5.75 Å². The summed E-state index contributed by atoms with van der Waals surface area (Å²) in [5.41, 5.74) is -1.25. The number of pyridine rings is 1. The molecular weight excluding hydrogens is 195 g/mol. The topological polar surface area (TPSA) is 33.1 Å². The van der Waals surface area contributed by atoms with Gasteiger partial charge in [-0.2, -0.15) is 13.2 Å². The average Bonchev–Trinajstić information content (AvgIpc) is 1.86. The first-order chi connectivity index (χ1) is 5.02. The van der Waals surface area contributed by atoms with Gasteiger partial charge in [-0.05, 0) is 12.1 Å². The van der Waals surface area contributed by atoms with Crippen LogP contribution in [0.2, 0.25) is 0 Å². The summed E-state index contributed by atoms with van der Waals surface area (Å²) in [5, 5.41) is 8.66. The largest absolute Gasteiger partial charge is 0.506 e. The molecule has 0 aromatic carbocycles. The van der Waals surface area contributed by atoms with E-state index in [1.54, 1.807) is 0 Å². The molecule has 0 bridgehead atoms. The Kier molecular flexibility index (Phi) is 3.33. The molecule has 0 spiro atoms. The van der Waals surface area contributed by atoms with Gasteiger partial charge in [-0.3, -0.25) is 0 Å². The zero-order valence-corrected chi connectivity index (χ0v) is 6.49. The van der Waals surface area contributed by atoms with E-state index in [2.05, 4.69) is 4.98 Å². The number of halogens is 4. The highest BCUT2D eigenvalue weighted by atomic mass is 35.5. The van der Waals surface area contributed by atoms with Crippen molar-refractivity contribution in [2.45, 2.75) is 6.18 Å². The minimum atomic E-state index is -4.58. The van der Waals surface area contributed by atoms with Gasteiger partial charge in [0, 0.05) is 6.20 Å². The van der Waals surface area contributed by atoms with Crippen molar-refractivity contribution in [1.82, 2.24) is 4.98 Å². The Morgan fingerprint density at radius 2 is 1.92 bits per heavy atom. The molecule has 0 saturated carbocycles. The minimum Gasteiger partial charge on any atom is -0.506 e. The van der Waals surface area contributed by atoms with Crippen LogP contribution in [0.25, 0.3) is 0 Å². The lowest BCUT2D eigenvalue weighted by Gasteiger charge is -2.05. The van der Waals surface area contributed by atoms with Gasteiger partial charge in [0.25, 0.3) is 0 Å². The van der Waals surface area contributed by atoms with Gasteiger partial charge in [0.2, 0.25) is 0 Å². The van der Waals surface area contributed by atoms with E-state index in [4.69, 9.17) is 5.11 Å². The lowest BCUT2D eigenvalue weighted by molar-refractivity contribution is -0.142. The van der Waals surface area contributed by atoms with Crippen LogP contribution in [-0.2, 0) is 6.18 Å². The fourth-order valence-corrected chi connectivity index (χ4v) is 0.615. The molecule has 1 aromatic rings. The van der Waals surface area contributed by atoms with Gasteiger partial charge < -0.3 is 5.11 Å². The fourth-order valence-electron chi connectivity index (χ4n) is 0.615. The molecule has 1 N–H and O–H groups in total. The van der Waals surface area contributed by atoms with Crippen LogP contribution >= 0.6 is 12.4 Å². The van der Waals surface area contributed by atoms with Crippen molar-refractivity contribution in [3.8, 4) is 5.75 Å². The predicted octanol–water partition coefficient (Wildman–Crippen LogP) is 2.23. The Labute approximate surface area is 72.5 Å². The van der Waals surface area contributed by atoms with Crippen LogP contribution in [0.3, 0.4) is 0 Å². The Bertz CT molecular complexity index is 263. The Hall–Kier alpha value is -0.970. The molecule has 1 aromatic heterocycles. The van der Waals surface area contributed by atoms with E-state index in [-0.39, 0.29) is 12.4 Å². The SMILES string of the molecule is Cl.Oc1cccnc1C(F)(F)F. The smallest absolute Gasteiger partial charge is 0.437 e. The zero-order valence-electron chi connectivity index (χ0n) is 5.67. The van der Waals surface area contributed by atoms with E-state index in [1.807, 2.05) is 0 Å². The summed E-state index contributed by atoms with van der Waals surface area (Å²) in [4.78, 5) is 2.97. The molecule has 0 aliphatic carbocycles. The molecule has 12 heavy (non-hydrogen) atoms. The Balaban J connectivity index is 0.00000121. The molecule has 0 atom stereocenters. The number of hydrogen-bond acceptors (Lipinski definition) is 2. The predicted molar refractivity (Wildman–Crippen MR) is 38.2 cm³/mol. The number of hydrogen-bond donors (Lipinski definition) is 1. The zero-order chi connectivity index (χ0) is 8.48. The highest BCUT2D eigenvalue weighted by Gasteiger charge is 2.35. The normalized spacial score (nSPS) is 10.6. The van der Waals surface area contributed by atoms with E-state index in [0.29, 0.717) is 0 Å². The van der Waals surface area contributed by atoms with Gasteiger partial charge in [0.15, 0.2) is 5.69 Å². The van der Waals surface area contributed by atoms with Crippen LogP contribution < -0.4 is 0 Å². The molecule has 6 heteroatoms. The monoisotopic (exact) mass is 199 g/mol. The summed E-state index contributed by atoms with van der Waals surface area (Å²) in [7, 11) is 0. The van der Waals surface area contributed by atoms with Crippen LogP contribution in [0.15, 0.2) is 18.3 Å². The first-order valence-electron chi connectivity index (χ1n) is 2.73. The molecule has 0 aliphatic heterocycles. The third-order valence-corrected chi connectivity index (χ3v) is 1.05. The fraction of sp³-hybridized carbons (Fsp3) is 0.167. The van der Waals surface area contributed by atoms with Crippen molar-refractivity contribution in [2.24, 2.45) is 0 Å². The summed E-state index contributed by atoms with van der Waals surface area (Å²) in [6.07, 6.45) is -3.60. The highest BCUT2D eigenvalue weighted by molar-refractivity contribution is 5.85. The number of nitrogens with zero attached hydrogens (tertiary/aromatic N) is 1. The number of aromatic hydroxyl groups is 1. The summed E-state index contributed by atoms with van der Waals surface area (Å²) in [5.74, 6) is -0.847. The van der Waals surface area contributed by atoms with Crippen molar-refractivity contribution in [3.05, 3.63) is 24.0 Å². The maximum Gasteiger partial charge on any atom is 0.437 e. The van der Waals surface area contributed by atoms with Gasteiger partial charge in [0.05, 0.1) is 0 Å².